The lowest BCUT2D eigenvalue weighted by Gasteiger charge is -2.06. The van der Waals surface area contributed by atoms with E-state index in [9.17, 15) is 0 Å². The molecule has 0 bridgehead atoms. The molecule has 0 aromatic heterocycles. The molecule has 2 nitrogen and oxygen atoms in total. The smallest absolute Gasteiger partial charge is 0.162 e. The van der Waals surface area contributed by atoms with Gasteiger partial charge in [-0.2, -0.15) is 0 Å². The molecule has 1 unspecified atom stereocenters. The van der Waals surface area contributed by atoms with Gasteiger partial charge in [0.15, 0.2) is 11.5 Å². The van der Waals surface area contributed by atoms with Gasteiger partial charge in [-0.05, 0) is 18.2 Å². The van der Waals surface area contributed by atoms with Crippen LogP contribution in [0, 0.1) is 17.8 Å². The van der Waals surface area contributed by atoms with E-state index in [4.69, 9.17) is 21.1 Å². The van der Waals surface area contributed by atoms with Crippen molar-refractivity contribution in [3.05, 3.63) is 23.8 Å². The second-order valence-electron chi connectivity index (χ2n) is 4.13. The first kappa shape index (κ1) is 12.1. The van der Waals surface area contributed by atoms with Crippen LogP contribution < -0.4 is 9.47 Å². The molecule has 1 atom stereocenters. The summed E-state index contributed by atoms with van der Waals surface area (Å²) >= 11 is 5.57. The van der Waals surface area contributed by atoms with Crippen LogP contribution in [-0.4, -0.2) is 19.1 Å². The second kappa shape index (κ2) is 5.84. The Kier molecular flexibility index (Phi) is 4.17. The fourth-order valence-electron chi connectivity index (χ4n) is 1.54. The Morgan fingerprint density at radius 3 is 2.82 bits per heavy atom. The van der Waals surface area contributed by atoms with Gasteiger partial charge in [-0.1, -0.05) is 18.8 Å². The molecule has 1 aliphatic rings. The quantitative estimate of drug-likeness (QED) is 0.563. The highest BCUT2D eigenvalue weighted by molar-refractivity contribution is 6.18. The molecule has 1 aromatic rings. The number of rotatable bonds is 1. The Balaban J connectivity index is 2.17. The maximum atomic E-state index is 5.69. The molecule has 0 fully saturated rings. The molecule has 0 saturated carbocycles. The van der Waals surface area contributed by atoms with Crippen molar-refractivity contribution in [2.24, 2.45) is 5.92 Å². The van der Waals surface area contributed by atoms with E-state index in [-0.39, 0.29) is 0 Å². The maximum Gasteiger partial charge on any atom is 0.162 e. The van der Waals surface area contributed by atoms with Crippen LogP contribution in [0.25, 0.3) is 0 Å². The van der Waals surface area contributed by atoms with Gasteiger partial charge in [-0.3, -0.25) is 0 Å². The number of benzene rings is 1. The standard InChI is InChI=1S/C14H15ClO2/c1-11-9-16-13-6-5-12(4-2-3-7-15)8-14(13)17-10-11/h5-6,8,11H,3,7,9-10H2,1H3. The SMILES string of the molecule is CC1COc2ccc(C#CCCCl)cc2OC1. The van der Waals surface area contributed by atoms with Crippen LogP contribution >= 0.6 is 11.6 Å². The predicted octanol–water partition coefficient (Wildman–Crippen LogP) is 3.07. The van der Waals surface area contributed by atoms with E-state index in [0.29, 0.717) is 31.4 Å². The zero-order valence-electron chi connectivity index (χ0n) is 9.83. The Morgan fingerprint density at radius 2 is 2.06 bits per heavy atom. The van der Waals surface area contributed by atoms with Gasteiger partial charge in [-0.25, -0.2) is 0 Å². The van der Waals surface area contributed by atoms with Gasteiger partial charge >= 0.3 is 0 Å². The highest BCUT2D eigenvalue weighted by Gasteiger charge is 2.14. The third-order valence-corrected chi connectivity index (χ3v) is 2.63. The number of alkyl halides is 1. The summed E-state index contributed by atoms with van der Waals surface area (Å²) in [5.74, 6) is 8.62. The minimum absolute atomic E-state index is 0.410. The van der Waals surface area contributed by atoms with Gasteiger partial charge in [-0.15, -0.1) is 11.6 Å². The minimum Gasteiger partial charge on any atom is -0.489 e. The van der Waals surface area contributed by atoms with Crippen molar-refractivity contribution in [2.45, 2.75) is 13.3 Å². The minimum atomic E-state index is 0.410. The molecule has 0 amide bonds. The lowest BCUT2D eigenvalue weighted by Crippen LogP contribution is -2.12. The molecule has 3 heteroatoms. The van der Waals surface area contributed by atoms with Crippen LogP contribution in [0.1, 0.15) is 18.9 Å². The largest absolute Gasteiger partial charge is 0.489 e. The molecular weight excluding hydrogens is 236 g/mol. The van der Waals surface area contributed by atoms with Gasteiger partial charge in [0.25, 0.3) is 0 Å². The molecule has 2 rings (SSSR count). The van der Waals surface area contributed by atoms with Crippen LogP contribution in [0.15, 0.2) is 18.2 Å². The van der Waals surface area contributed by atoms with Crippen molar-refractivity contribution in [2.75, 3.05) is 19.1 Å². The Labute approximate surface area is 107 Å². The van der Waals surface area contributed by atoms with Gasteiger partial charge in [0, 0.05) is 23.8 Å². The third kappa shape index (κ3) is 3.31. The predicted molar refractivity (Wildman–Crippen MR) is 68.8 cm³/mol. The molecule has 0 spiro atoms. The molecule has 1 heterocycles. The highest BCUT2D eigenvalue weighted by atomic mass is 35.5. The molecule has 90 valence electrons. The Bertz CT molecular complexity index is 445. The normalized spacial score (nSPS) is 17.9. The summed E-state index contributed by atoms with van der Waals surface area (Å²) in [6.07, 6.45) is 0.701. The van der Waals surface area contributed by atoms with E-state index >= 15 is 0 Å². The fraction of sp³-hybridized carbons (Fsp3) is 0.429. The Hall–Kier alpha value is -1.33. The third-order valence-electron chi connectivity index (χ3n) is 2.44. The van der Waals surface area contributed by atoms with E-state index in [0.717, 1.165) is 17.1 Å². The number of ether oxygens (including phenoxy) is 2. The van der Waals surface area contributed by atoms with Crippen molar-refractivity contribution in [1.82, 2.24) is 0 Å². The van der Waals surface area contributed by atoms with Crippen LogP contribution in [0.4, 0.5) is 0 Å². The molecular formula is C14H15ClO2. The van der Waals surface area contributed by atoms with Crippen LogP contribution in [0.3, 0.4) is 0 Å². The Morgan fingerprint density at radius 1 is 1.29 bits per heavy atom. The van der Waals surface area contributed by atoms with Gasteiger partial charge < -0.3 is 9.47 Å². The lowest BCUT2D eigenvalue weighted by atomic mass is 10.2. The molecule has 0 aliphatic carbocycles. The van der Waals surface area contributed by atoms with E-state index in [1.54, 1.807) is 0 Å². The monoisotopic (exact) mass is 250 g/mol. The van der Waals surface area contributed by atoms with Crippen molar-refractivity contribution >= 4 is 11.6 Å². The number of fused-ring (bicyclic) bond motifs is 1. The van der Waals surface area contributed by atoms with E-state index in [1.165, 1.54) is 0 Å². The topological polar surface area (TPSA) is 18.5 Å². The average molecular weight is 251 g/mol. The van der Waals surface area contributed by atoms with Crippen LogP contribution in [0.5, 0.6) is 11.5 Å². The summed E-state index contributed by atoms with van der Waals surface area (Å²) < 4.78 is 11.3. The summed E-state index contributed by atoms with van der Waals surface area (Å²) in [5.41, 5.74) is 0.937. The van der Waals surface area contributed by atoms with Crippen molar-refractivity contribution in [3.63, 3.8) is 0 Å². The molecule has 0 saturated heterocycles. The van der Waals surface area contributed by atoms with Crippen LogP contribution in [0.2, 0.25) is 0 Å². The summed E-state index contributed by atoms with van der Waals surface area (Å²) in [5, 5.41) is 0. The summed E-state index contributed by atoms with van der Waals surface area (Å²) in [4.78, 5) is 0. The lowest BCUT2D eigenvalue weighted by molar-refractivity contribution is 0.228. The first-order chi connectivity index (χ1) is 8.29. The van der Waals surface area contributed by atoms with E-state index in [2.05, 4.69) is 18.8 Å². The number of hydrogen-bond acceptors (Lipinski definition) is 2. The van der Waals surface area contributed by atoms with Crippen molar-refractivity contribution < 1.29 is 9.47 Å². The van der Waals surface area contributed by atoms with Gasteiger partial charge in [0.05, 0.1) is 13.2 Å². The van der Waals surface area contributed by atoms with E-state index < -0.39 is 0 Å². The average Bonchev–Trinajstić information content (AvgIpc) is 2.52. The molecule has 0 N–H and O–H groups in total. The van der Waals surface area contributed by atoms with Crippen molar-refractivity contribution in [3.8, 4) is 23.3 Å². The van der Waals surface area contributed by atoms with Crippen molar-refractivity contribution in [1.29, 1.82) is 0 Å². The zero-order chi connectivity index (χ0) is 12.1. The molecule has 1 aliphatic heterocycles. The van der Waals surface area contributed by atoms with Gasteiger partial charge in [0.2, 0.25) is 0 Å². The van der Waals surface area contributed by atoms with Crippen LogP contribution in [-0.2, 0) is 0 Å². The second-order valence-corrected chi connectivity index (χ2v) is 4.51. The molecule has 1 aromatic carbocycles. The molecule has 0 radical (unpaired) electrons. The summed E-state index contributed by atoms with van der Waals surface area (Å²) in [7, 11) is 0. The van der Waals surface area contributed by atoms with E-state index in [1.807, 2.05) is 18.2 Å². The highest BCUT2D eigenvalue weighted by Crippen LogP contribution is 2.31. The summed E-state index contributed by atoms with van der Waals surface area (Å²) in [6, 6.07) is 5.78. The first-order valence-corrected chi connectivity index (χ1v) is 6.27. The maximum absolute atomic E-state index is 5.69. The number of hydrogen-bond donors (Lipinski definition) is 0. The zero-order valence-corrected chi connectivity index (χ0v) is 10.6. The van der Waals surface area contributed by atoms with Gasteiger partial charge in [0.1, 0.15) is 0 Å². The fourth-order valence-corrected chi connectivity index (χ4v) is 1.64. The molecule has 17 heavy (non-hydrogen) atoms. The first-order valence-electron chi connectivity index (χ1n) is 5.74. The number of halogens is 1. The summed E-state index contributed by atoms with van der Waals surface area (Å²) in [6.45, 7) is 3.49.